The molecule has 0 unspecified atom stereocenters. The fraction of sp³-hybridized carbons (Fsp3) is 0.250. The summed E-state index contributed by atoms with van der Waals surface area (Å²) in [6.07, 6.45) is 3.62. The van der Waals surface area contributed by atoms with E-state index in [1.807, 2.05) is 35.0 Å². The van der Waals surface area contributed by atoms with Crippen LogP contribution in [0.4, 0.5) is 11.5 Å². The molecule has 2 aromatic heterocycles. The van der Waals surface area contributed by atoms with Crippen LogP contribution in [0.3, 0.4) is 0 Å². The molecule has 5 nitrogen and oxygen atoms in total. The van der Waals surface area contributed by atoms with Crippen molar-refractivity contribution in [2.75, 3.05) is 5.32 Å². The van der Waals surface area contributed by atoms with Crippen molar-refractivity contribution in [2.24, 2.45) is 5.73 Å². The number of hydrogen-bond acceptors (Lipinski definition) is 4. The minimum absolute atomic E-state index is 0.390. The third-order valence-electron chi connectivity index (χ3n) is 3.45. The summed E-state index contributed by atoms with van der Waals surface area (Å²) in [5.41, 5.74) is 9.74. The topological polar surface area (TPSA) is 68.2 Å². The Bertz CT molecular complexity index is 743. The molecule has 3 aromatic rings. The first-order valence-electron chi connectivity index (χ1n) is 7.07. The highest BCUT2D eigenvalue weighted by molar-refractivity contribution is 5.73. The molecule has 5 heteroatoms. The minimum atomic E-state index is 0.390. The van der Waals surface area contributed by atoms with E-state index in [4.69, 9.17) is 5.73 Å². The van der Waals surface area contributed by atoms with E-state index in [9.17, 15) is 0 Å². The monoisotopic (exact) mass is 281 g/mol. The van der Waals surface area contributed by atoms with Gasteiger partial charge in [0.05, 0.1) is 5.69 Å². The van der Waals surface area contributed by atoms with Gasteiger partial charge >= 0.3 is 0 Å². The first-order chi connectivity index (χ1) is 10.2. The normalized spacial score (nSPS) is 11.2. The largest absolute Gasteiger partial charge is 0.338 e. The number of nitrogens with one attached hydrogen (secondary N) is 1. The zero-order valence-corrected chi connectivity index (χ0v) is 12.2. The van der Waals surface area contributed by atoms with E-state index in [0.29, 0.717) is 12.5 Å². The van der Waals surface area contributed by atoms with Crippen LogP contribution in [0.5, 0.6) is 0 Å². The van der Waals surface area contributed by atoms with Crippen molar-refractivity contribution in [1.29, 1.82) is 0 Å². The molecule has 2 heterocycles. The minimum Gasteiger partial charge on any atom is -0.338 e. The SMILES string of the molecule is CC(C)c1cc2c(Nc3ccc(CN)cc3)nccn2n1. The maximum atomic E-state index is 5.61. The van der Waals surface area contributed by atoms with Crippen molar-refractivity contribution >= 4 is 17.0 Å². The predicted octanol–water partition coefficient (Wildman–Crippen LogP) is 3.06. The molecule has 0 atom stereocenters. The van der Waals surface area contributed by atoms with E-state index < -0.39 is 0 Å². The van der Waals surface area contributed by atoms with Gasteiger partial charge in [0.2, 0.25) is 0 Å². The van der Waals surface area contributed by atoms with E-state index in [1.54, 1.807) is 6.20 Å². The maximum Gasteiger partial charge on any atom is 0.156 e. The highest BCUT2D eigenvalue weighted by Crippen LogP contribution is 2.23. The number of benzene rings is 1. The Labute approximate surface area is 123 Å². The first-order valence-corrected chi connectivity index (χ1v) is 7.07. The molecular formula is C16H19N5. The molecule has 1 aromatic carbocycles. The molecule has 0 saturated heterocycles. The Hall–Kier alpha value is -2.40. The quantitative estimate of drug-likeness (QED) is 0.771. The van der Waals surface area contributed by atoms with Crippen LogP contribution in [0.25, 0.3) is 5.52 Å². The smallest absolute Gasteiger partial charge is 0.156 e. The number of anilines is 2. The maximum absolute atomic E-state index is 5.61. The van der Waals surface area contributed by atoms with Gasteiger partial charge in [-0.05, 0) is 29.7 Å². The summed E-state index contributed by atoms with van der Waals surface area (Å²) < 4.78 is 1.86. The fourth-order valence-corrected chi connectivity index (χ4v) is 2.18. The van der Waals surface area contributed by atoms with Gasteiger partial charge in [-0.3, -0.25) is 0 Å². The number of hydrogen-bond donors (Lipinski definition) is 2. The summed E-state index contributed by atoms with van der Waals surface area (Å²) >= 11 is 0. The van der Waals surface area contributed by atoms with Crippen LogP contribution in [0.2, 0.25) is 0 Å². The molecule has 0 saturated carbocycles. The molecule has 108 valence electrons. The van der Waals surface area contributed by atoms with E-state index in [2.05, 4.69) is 35.3 Å². The lowest BCUT2D eigenvalue weighted by molar-refractivity contribution is 0.787. The molecule has 0 amide bonds. The summed E-state index contributed by atoms with van der Waals surface area (Å²) in [5.74, 6) is 1.19. The van der Waals surface area contributed by atoms with Crippen LogP contribution < -0.4 is 11.1 Å². The second-order valence-corrected chi connectivity index (χ2v) is 5.36. The van der Waals surface area contributed by atoms with Gasteiger partial charge in [-0.2, -0.15) is 5.10 Å². The van der Waals surface area contributed by atoms with Crippen LogP contribution in [0, 0.1) is 0 Å². The van der Waals surface area contributed by atoms with Gasteiger partial charge in [0, 0.05) is 24.6 Å². The van der Waals surface area contributed by atoms with Gasteiger partial charge in [-0.25, -0.2) is 9.50 Å². The second kappa shape index (κ2) is 5.54. The van der Waals surface area contributed by atoms with Crippen molar-refractivity contribution in [3.05, 3.63) is 54.0 Å². The summed E-state index contributed by atoms with van der Waals surface area (Å²) in [6, 6.07) is 10.1. The average molecular weight is 281 g/mol. The van der Waals surface area contributed by atoms with Gasteiger partial charge in [0.15, 0.2) is 5.82 Å². The third kappa shape index (κ3) is 2.73. The Kier molecular flexibility index (Phi) is 3.58. The number of rotatable bonds is 4. The Morgan fingerprint density at radius 2 is 2.00 bits per heavy atom. The Morgan fingerprint density at radius 1 is 1.24 bits per heavy atom. The highest BCUT2D eigenvalue weighted by Gasteiger charge is 2.09. The van der Waals surface area contributed by atoms with E-state index >= 15 is 0 Å². The standard InChI is InChI=1S/C16H19N5/c1-11(2)14-9-15-16(18-7-8-21(15)20-14)19-13-5-3-12(10-17)4-6-13/h3-9,11H,10,17H2,1-2H3,(H,18,19). The lowest BCUT2D eigenvalue weighted by atomic mass is 10.1. The summed E-state index contributed by atoms with van der Waals surface area (Å²) in [7, 11) is 0. The molecule has 0 radical (unpaired) electrons. The van der Waals surface area contributed by atoms with Crippen LogP contribution in [-0.4, -0.2) is 14.6 Å². The van der Waals surface area contributed by atoms with E-state index in [-0.39, 0.29) is 0 Å². The van der Waals surface area contributed by atoms with Gasteiger partial charge in [-0.15, -0.1) is 0 Å². The van der Waals surface area contributed by atoms with Crippen LogP contribution in [-0.2, 0) is 6.54 Å². The molecule has 3 rings (SSSR count). The van der Waals surface area contributed by atoms with Crippen LogP contribution in [0.1, 0.15) is 31.0 Å². The van der Waals surface area contributed by atoms with Gasteiger partial charge in [0.25, 0.3) is 0 Å². The van der Waals surface area contributed by atoms with Gasteiger partial charge < -0.3 is 11.1 Å². The number of fused-ring (bicyclic) bond motifs is 1. The molecule has 3 N–H and O–H groups in total. The zero-order valence-electron chi connectivity index (χ0n) is 12.2. The van der Waals surface area contributed by atoms with E-state index in [1.165, 1.54) is 0 Å². The molecule has 0 fully saturated rings. The predicted molar refractivity (Wildman–Crippen MR) is 84.7 cm³/mol. The van der Waals surface area contributed by atoms with Crippen LogP contribution in [0.15, 0.2) is 42.7 Å². The van der Waals surface area contributed by atoms with E-state index in [0.717, 1.165) is 28.3 Å². The van der Waals surface area contributed by atoms with Crippen molar-refractivity contribution in [2.45, 2.75) is 26.3 Å². The lowest BCUT2D eigenvalue weighted by Gasteiger charge is -2.07. The molecule has 21 heavy (non-hydrogen) atoms. The highest BCUT2D eigenvalue weighted by atomic mass is 15.2. The molecule has 0 aliphatic rings. The lowest BCUT2D eigenvalue weighted by Crippen LogP contribution is -1.99. The average Bonchev–Trinajstić information content (AvgIpc) is 2.93. The van der Waals surface area contributed by atoms with Crippen molar-refractivity contribution in [3.63, 3.8) is 0 Å². The van der Waals surface area contributed by atoms with Gasteiger partial charge in [0.1, 0.15) is 5.52 Å². The summed E-state index contributed by atoms with van der Waals surface area (Å²) in [5, 5.41) is 7.90. The molecule has 0 aliphatic heterocycles. The van der Waals surface area contributed by atoms with Crippen molar-refractivity contribution in [3.8, 4) is 0 Å². The molecular weight excluding hydrogens is 262 g/mol. The second-order valence-electron chi connectivity index (χ2n) is 5.36. The molecule has 0 spiro atoms. The summed E-state index contributed by atoms with van der Waals surface area (Å²) in [6.45, 7) is 4.82. The molecule has 0 bridgehead atoms. The Balaban J connectivity index is 1.95. The molecule has 0 aliphatic carbocycles. The fourth-order valence-electron chi connectivity index (χ4n) is 2.18. The number of aromatic nitrogens is 3. The van der Waals surface area contributed by atoms with Crippen molar-refractivity contribution in [1.82, 2.24) is 14.6 Å². The number of nitrogens with two attached hydrogens (primary N) is 1. The van der Waals surface area contributed by atoms with Gasteiger partial charge in [-0.1, -0.05) is 26.0 Å². The third-order valence-corrected chi connectivity index (χ3v) is 3.45. The van der Waals surface area contributed by atoms with Crippen LogP contribution >= 0.6 is 0 Å². The zero-order chi connectivity index (χ0) is 14.8. The first kappa shape index (κ1) is 13.6. The number of nitrogens with zero attached hydrogens (tertiary/aromatic N) is 3. The van der Waals surface area contributed by atoms with Crippen molar-refractivity contribution < 1.29 is 0 Å². The Morgan fingerprint density at radius 3 is 2.67 bits per heavy atom. The summed E-state index contributed by atoms with van der Waals surface area (Å²) in [4.78, 5) is 4.42.